The number of carbonyl (C=O) groups excluding carboxylic acids is 2. The summed E-state index contributed by atoms with van der Waals surface area (Å²) in [7, 11) is 0. The SMILES string of the molecule is O=C(Cn1ncc2c([nH]c3ccccc32)c1=O)N1CCN(C(=O)c2ccco2)CC1. The Morgan fingerprint density at radius 3 is 2.53 bits per heavy atom. The molecule has 4 aromatic rings. The Kier molecular flexibility index (Phi) is 4.35. The zero-order chi connectivity index (χ0) is 20.7. The van der Waals surface area contributed by atoms with Crippen molar-refractivity contribution in [2.45, 2.75) is 6.54 Å². The van der Waals surface area contributed by atoms with Crippen molar-refractivity contribution in [3.05, 3.63) is 65.0 Å². The summed E-state index contributed by atoms with van der Waals surface area (Å²) in [5.74, 6) is -0.100. The highest BCUT2D eigenvalue weighted by Gasteiger charge is 2.26. The van der Waals surface area contributed by atoms with E-state index >= 15 is 0 Å². The molecule has 1 aliphatic rings. The molecule has 2 amide bonds. The molecule has 9 heteroatoms. The van der Waals surface area contributed by atoms with Gasteiger partial charge < -0.3 is 19.2 Å². The van der Waals surface area contributed by atoms with E-state index in [1.807, 2.05) is 24.3 Å². The summed E-state index contributed by atoms with van der Waals surface area (Å²) < 4.78 is 6.33. The molecule has 0 spiro atoms. The molecule has 1 aliphatic heterocycles. The van der Waals surface area contributed by atoms with Gasteiger partial charge in [-0.2, -0.15) is 5.10 Å². The number of hydrogen-bond acceptors (Lipinski definition) is 5. The summed E-state index contributed by atoms with van der Waals surface area (Å²) in [5.41, 5.74) is 0.962. The van der Waals surface area contributed by atoms with Crippen molar-refractivity contribution < 1.29 is 14.0 Å². The molecule has 0 unspecified atom stereocenters. The molecule has 1 aromatic carbocycles. The number of carbonyl (C=O) groups is 2. The van der Waals surface area contributed by atoms with E-state index in [9.17, 15) is 14.4 Å². The number of aromatic amines is 1. The number of benzene rings is 1. The number of rotatable bonds is 3. The van der Waals surface area contributed by atoms with Crippen LogP contribution >= 0.6 is 0 Å². The van der Waals surface area contributed by atoms with Crippen LogP contribution in [0.15, 0.2) is 58.1 Å². The van der Waals surface area contributed by atoms with Gasteiger partial charge >= 0.3 is 0 Å². The molecule has 0 aliphatic carbocycles. The number of hydrogen-bond donors (Lipinski definition) is 1. The van der Waals surface area contributed by atoms with E-state index < -0.39 is 0 Å². The number of nitrogens with zero attached hydrogens (tertiary/aromatic N) is 4. The Hall–Kier alpha value is -3.88. The third-order valence-corrected chi connectivity index (χ3v) is 5.46. The number of furan rings is 1. The van der Waals surface area contributed by atoms with Crippen molar-refractivity contribution >= 4 is 33.6 Å². The van der Waals surface area contributed by atoms with Gasteiger partial charge in [0.15, 0.2) is 5.76 Å². The second-order valence-corrected chi connectivity index (χ2v) is 7.22. The van der Waals surface area contributed by atoms with Gasteiger partial charge in [0.05, 0.1) is 12.5 Å². The molecule has 0 bridgehead atoms. The van der Waals surface area contributed by atoms with Crippen LogP contribution in [0.5, 0.6) is 0 Å². The van der Waals surface area contributed by atoms with Crippen LogP contribution in [0, 0.1) is 0 Å². The van der Waals surface area contributed by atoms with Gasteiger partial charge in [-0.05, 0) is 18.2 Å². The summed E-state index contributed by atoms with van der Waals surface area (Å²) in [4.78, 5) is 44.3. The highest BCUT2D eigenvalue weighted by molar-refractivity contribution is 6.06. The van der Waals surface area contributed by atoms with Gasteiger partial charge in [0, 0.05) is 42.5 Å². The van der Waals surface area contributed by atoms with Crippen LogP contribution in [-0.2, 0) is 11.3 Å². The van der Waals surface area contributed by atoms with Gasteiger partial charge in [0.1, 0.15) is 12.1 Å². The first-order chi connectivity index (χ1) is 14.6. The maximum Gasteiger partial charge on any atom is 0.291 e. The van der Waals surface area contributed by atoms with E-state index in [1.54, 1.807) is 28.1 Å². The zero-order valence-corrected chi connectivity index (χ0v) is 16.1. The Balaban J connectivity index is 1.29. The summed E-state index contributed by atoms with van der Waals surface area (Å²) in [6.07, 6.45) is 3.07. The minimum Gasteiger partial charge on any atom is -0.459 e. The van der Waals surface area contributed by atoms with Gasteiger partial charge in [-0.25, -0.2) is 4.68 Å². The van der Waals surface area contributed by atoms with Crippen LogP contribution in [0.1, 0.15) is 10.6 Å². The number of H-pyrrole nitrogens is 1. The van der Waals surface area contributed by atoms with Gasteiger partial charge in [-0.3, -0.25) is 14.4 Å². The Morgan fingerprint density at radius 2 is 1.77 bits per heavy atom. The molecule has 5 rings (SSSR count). The van der Waals surface area contributed by atoms with Crippen LogP contribution in [0.25, 0.3) is 21.8 Å². The van der Waals surface area contributed by atoms with E-state index in [0.29, 0.717) is 31.7 Å². The minimum atomic E-state index is -0.330. The predicted molar refractivity (Wildman–Crippen MR) is 109 cm³/mol. The Bertz CT molecular complexity index is 1300. The van der Waals surface area contributed by atoms with Crippen molar-refractivity contribution in [2.75, 3.05) is 26.2 Å². The average Bonchev–Trinajstić information content (AvgIpc) is 3.44. The first kappa shape index (κ1) is 18.2. The number of aromatic nitrogens is 3. The van der Waals surface area contributed by atoms with Gasteiger partial charge in [0.2, 0.25) is 5.91 Å². The first-order valence-corrected chi connectivity index (χ1v) is 9.69. The number of amides is 2. The van der Waals surface area contributed by atoms with Gasteiger partial charge in [-0.15, -0.1) is 0 Å². The van der Waals surface area contributed by atoms with Crippen LogP contribution in [0.3, 0.4) is 0 Å². The average molecular weight is 405 g/mol. The second kappa shape index (κ2) is 7.18. The van der Waals surface area contributed by atoms with Gasteiger partial charge in [0.25, 0.3) is 11.5 Å². The van der Waals surface area contributed by atoms with Crippen molar-refractivity contribution in [3.8, 4) is 0 Å². The highest BCUT2D eigenvalue weighted by Crippen LogP contribution is 2.21. The molecule has 0 radical (unpaired) electrons. The fourth-order valence-electron chi connectivity index (χ4n) is 3.83. The molecule has 9 nitrogen and oxygen atoms in total. The third kappa shape index (κ3) is 3.04. The summed E-state index contributed by atoms with van der Waals surface area (Å²) in [6, 6.07) is 10.9. The lowest BCUT2D eigenvalue weighted by molar-refractivity contribution is -0.133. The molecule has 1 N–H and O–H groups in total. The first-order valence-electron chi connectivity index (χ1n) is 9.69. The Labute approximate surface area is 170 Å². The standard InChI is InChI=1S/C21H19N5O4/c27-18(24-7-9-25(10-8-24)20(28)17-6-3-11-30-17)13-26-21(29)19-15(12-22-26)14-4-1-2-5-16(14)23-19/h1-6,11-12,23H,7-10,13H2. The van der Waals surface area contributed by atoms with Crippen molar-refractivity contribution in [2.24, 2.45) is 0 Å². The van der Waals surface area contributed by atoms with Crippen molar-refractivity contribution in [3.63, 3.8) is 0 Å². The predicted octanol–water partition coefficient (Wildman–Crippen LogP) is 1.46. The molecule has 0 atom stereocenters. The monoisotopic (exact) mass is 405 g/mol. The van der Waals surface area contributed by atoms with E-state index in [1.165, 1.54) is 10.9 Å². The smallest absolute Gasteiger partial charge is 0.291 e. The molecule has 1 fully saturated rings. The van der Waals surface area contributed by atoms with E-state index in [2.05, 4.69) is 10.1 Å². The van der Waals surface area contributed by atoms with Crippen molar-refractivity contribution in [1.82, 2.24) is 24.6 Å². The molecule has 30 heavy (non-hydrogen) atoms. The Morgan fingerprint density at radius 1 is 1.00 bits per heavy atom. The largest absolute Gasteiger partial charge is 0.459 e. The molecular formula is C21H19N5O4. The lowest BCUT2D eigenvalue weighted by Crippen LogP contribution is -2.51. The number of para-hydroxylation sites is 1. The maximum atomic E-state index is 12.8. The van der Waals surface area contributed by atoms with Crippen LogP contribution in [0.2, 0.25) is 0 Å². The number of fused-ring (bicyclic) bond motifs is 3. The normalized spacial score (nSPS) is 14.5. The van der Waals surface area contributed by atoms with E-state index in [4.69, 9.17) is 4.42 Å². The van der Waals surface area contributed by atoms with Crippen LogP contribution < -0.4 is 5.56 Å². The van der Waals surface area contributed by atoms with Crippen LogP contribution in [0.4, 0.5) is 0 Å². The molecular weight excluding hydrogens is 386 g/mol. The van der Waals surface area contributed by atoms with Gasteiger partial charge in [-0.1, -0.05) is 18.2 Å². The van der Waals surface area contributed by atoms with E-state index in [-0.39, 0.29) is 29.7 Å². The lowest BCUT2D eigenvalue weighted by Gasteiger charge is -2.34. The zero-order valence-electron chi connectivity index (χ0n) is 16.1. The maximum absolute atomic E-state index is 12.8. The molecule has 152 valence electrons. The summed E-state index contributed by atoms with van der Waals surface area (Å²) >= 11 is 0. The van der Waals surface area contributed by atoms with E-state index in [0.717, 1.165) is 16.3 Å². The molecule has 4 heterocycles. The van der Waals surface area contributed by atoms with Crippen LogP contribution in [-0.4, -0.2) is 62.6 Å². The fourth-order valence-corrected chi connectivity index (χ4v) is 3.83. The quantitative estimate of drug-likeness (QED) is 0.556. The summed E-state index contributed by atoms with van der Waals surface area (Å²) in [6.45, 7) is 1.48. The topological polar surface area (TPSA) is 104 Å². The summed E-state index contributed by atoms with van der Waals surface area (Å²) in [5, 5.41) is 5.86. The van der Waals surface area contributed by atoms with Crippen molar-refractivity contribution in [1.29, 1.82) is 0 Å². The second-order valence-electron chi connectivity index (χ2n) is 7.22. The minimum absolute atomic E-state index is 0.143. The number of piperazine rings is 1. The molecule has 1 saturated heterocycles. The third-order valence-electron chi connectivity index (χ3n) is 5.46. The lowest BCUT2D eigenvalue weighted by atomic mass is 10.2. The number of nitrogens with one attached hydrogen (secondary N) is 1. The highest BCUT2D eigenvalue weighted by atomic mass is 16.3. The molecule has 0 saturated carbocycles. The molecule has 3 aromatic heterocycles. The fraction of sp³-hybridized carbons (Fsp3) is 0.238.